The second-order valence-electron chi connectivity index (χ2n) is 13.2. The van der Waals surface area contributed by atoms with Crippen molar-refractivity contribution in [2.75, 3.05) is 6.61 Å². The van der Waals surface area contributed by atoms with Gasteiger partial charge in [-0.1, -0.05) is 159 Å². The highest BCUT2D eigenvalue weighted by Gasteiger charge is 2.50. The molecular weight excluding hydrogens is 677 g/mol. The molecule has 0 radical (unpaired) electrons. The van der Waals surface area contributed by atoms with Crippen LogP contribution in [0.3, 0.4) is 0 Å². The molecule has 278 valence electrons. The van der Waals surface area contributed by atoms with Crippen molar-refractivity contribution in [3.05, 3.63) is 179 Å². The maximum absolute atomic E-state index is 14.1. The molecule has 0 unspecified atom stereocenters. The Kier molecular flexibility index (Phi) is 15.0. The van der Waals surface area contributed by atoms with Gasteiger partial charge < -0.3 is 28.4 Å². The molecule has 5 aromatic rings. The Bertz CT molecular complexity index is 1890. The lowest BCUT2D eigenvalue weighted by Crippen LogP contribution is -2.62. The Morgan fingerprint density at radius 3 is 1.63 bits per heavy atom. The Balaban J connectivity index is 1.34. The maximum atomic E-state index is 14.1. The molecule has 1 saturated heterocycles. The zero-order valence-electron chi connectivity index (χ0n) is 30.8. The standard InChI is InChI=1S/C47H48O7/c1-2-3-4-17-28-40-29-18-19-30-41(40)46(48)54-47-45(52-34-39-26-15-8-16-27-39)44(51-33-38-24-13-7-14-25-38)43(50-32-37-22-11-6-12-23-37)42(53-47)35-49-31-36-20-9-5-10-21-36/h5-16,18-27,29-30,42-45,47H,2-4,31-35H2,1H3/t42-,43-,44+,45-,47-/m1/s1. The van der Waals surface area contributed by atoms with Crippen LogP contribution in [-0.2, 0) is 54.8 Å². The summed E-state index contributed by atoms with van der Waals surface area (Å²) in [5, 5.41) is 0. The number of esters is 1. The van der Waals surface area contributed by atoms with Gasteiger partial charge in [-0.2, -0.15) is 0 Å². The molecule has 1 aliphatic heterocycles. The predicted octanol–water partition coefficient (Wildman–Crippen LogP) is 9.08. The largest absolute Gasteiger partial charge is 0.429 e. The van der Waals surface area contributed by atoms with Crippen LogP contribution in [0.25, 0.3) is 0 Å². The smallest absolute Gasteiger partial charge is 0.341 e. The maximum Gasteiger partial charge on any atom is 0.341 e. The van der Waals surface area contributed by atoms with Crippen molar-refractivity contribution in [1.29, 1.82) is 0 Å². The molecule has 0 bridgehead atoms. The predicted molar refractivity (Wildman–Crippen MR) is 208 cm³/mol. The first-order valence-electron chi connectivity index (χ1n) is 18.7. The number of hydrogen-bond donors (Lipinski definition) is 0. The van der Waals surface area contributed by atoms with Crippen molar-refractivity contribution in [2.24, 2.45) is 0 Å². The zero-order chi connectivity index (χ0) is 37.2. The lowest BCUT2D eigenvalue weighted by atomic mass is 9.97. The Labute approximate surface area is 319 Å². The van der Waals surface area contributed by atoms with Crippen molar-refractivity contribution < 1.29 is 33.2 Å². The van der Waals surface area contributed by atoms with Crippen LogP contribution in [0.15, 0.2) is 146 Å². The number of rotatable bonds is 17. The first-order valence-corrected chi connectivity index (χ1v) is 18.7. The molecule has 0 aromatic heterocycles. The Morgan fingerprint density at radius 2 is 1.07 bits per heavy atom. The number of benzene rings is 5. The highest BCUT2D eigenvalue weighted by molar-refractivity contribution is 5.92. The van der Waals surface area contributed by atoms with E-state index in [1.54, 1.807) is 12.1 Å². The molecule has 5 atom stereocenters. The third-order valence-corrected chi connectivity index (χ3v) is 9.09. The first kappa shape index (κ1) is 38.6. The van der Waals surface area contributed by atoms with Crippen molar-refractivity contribution in [3.8, 4) is 11.8 Å². The summed E-state index contributed by atoms with van der Waals surface area (Å²) in [7, 11) is 0. The lowest BCUT2D eigenvalue weighted by Gasteiger charge is -2.45. The minimum Gasteiger partial charge on any atom is -0.429 e. The summed E-state index contributed by atoms with van der Waals surface area (Å²) in [6.07, 6.45) is -1.32. The molecular formula is C47H48O7. The average molecular weight is 725 g/mol. The second kappa shape index (κ2) is 21.0. The molecule has 5 aromatic carbocycles. The van der Waals surface area contributed by atoms with E-state index in [0.29, 0.717) is 24.3 Å². The summed E-state index contributed by atoms with van der Waals surface area (Å²) in [5.74, 6) is 5.81. The summed E-state index contributed by atoms with van der Waals surface area (Å²) in [6.45, 7) is 3.45. The molecule has 1 fully saturated rings. The summed E-state index contributed by atoms with van der Waals surface area (Å²) in [6, 6.07) is 46.9. The van der Waals surface area contributed by atoms with E-state index >= 15 is 0 Å². The van der Waals surface area contributed by atoms with Crippen LogP contribution in [0, 0.1) is 11.8 Å². The monoisotopic (exact) mass is 724 g/mol. The van der Waals surface area contributed by atoms with Crippen molar-refractivity contribution in [2.45, 2.75) is 83.3 Å². The van der Waals surface area contributed by atoms with Gasteiger partial charge in [0.2, 0.25) is 6.29 Å². The Morgan fingerprint density at radius 1 is 0.593 bits per heavy atom. The minimum atomic E-state index is -1.16. The van der Waals surface area contributed by atoms with Crippen LogP contribution in [0.4, 0.5) is 0 Å². The molecule has 0 spiro atoms. The van der Waals surface area contributed by atoms with Crippen LogP contribution in [0.5, 0.6) is 0 Å². The highest BCUT2D eigenvalue weighted by Crippen LogP contribution is 2.32. The van der Waals surface area contributed by atoms with E-state index in [-0.39, 0.29) is 19.8 Å². The van der Waals surface area contributed by atoms with E-state index in [0.717, 1.165) is 41.5 Å². The van der Waals surface area contributed by atoms with Crippen molar-refractivity contribution in [1.82, 2.24) is 0 Å². The molecule has 6 rings (SSSR count). The number of ether oxygens (including phenoxy) is 6. The molecule has 1 aliphatic rings. The van der Waals surface area contributed by atoms with Crippen LogP contribution in [0.1, 0.15) is 64.4 Å². The zero-order valence-corrected chi connectivity index (χ0v) is 30.8. The van der Waals surface area contributed by atoms with Gasteiger partial charge >= 0.3 is 5.97 Å². The van der Waals surface area contributed by atoms with Crippen molar-refractivity contribution in [3.63, 3.8) is 0 Å². The lowest BCUT2D eigenvalue weighted by molar-refractivity contribution is -0.315. The summed E-state index contributed by atoms with van der Waals surface area (Å²) >= 11 is 0. The van der Waals surface area contributed by atoms with E-state index in [1.165, 1.54) is 0 Å². The molecule has 54 heavy (non-hydrogen) atoms. The quantitative estimate of drug-likeness (QED) is 0.0538. The molecule has 0 N–H and O–H groups in total. The van der Waals surface area contributed by atoms with E-state index in [9.17, 15) is 4.79 Å². The van der Waals surface area contributed by atoms with Crippen molar-refractivity contribution >= 4 is 5.97 Å². The van der Waals surface area contributed by atoms with Gasteiger partial charge in [-0.3, -0.25) is 0 Å². The number of carbonyl (C=O) groups excluding carboxylic acids is 1. The van der Waals surface area contributed by atoms with Gasteiger partial charge in [-0.15, -0.1) is 0 Å². The second-order valence-corrected chi connectivity index (χ2v) is 13.2. The van der Waals surface area contributed by atoms with Gasteiger partial charge in [0.25, 0.3) is 0 Å². The van der Waals surface area contributed by atoms with Gasteiger partial charge in [-0.25, -0.2) is 4.79 Å². The highest BCUT2D eigenvalue weighted by atomic mass is 16.7. The van der Waals surface area contributed by atoms with Crippen LogP contribution in [-0.4, -0.2) is 43.3 Å². The van der Waals surface area contributed by atoms with Crippen LogP contribution in [0.2, 0.25) is 0 Å². The summed E-state index contributed by atoms with van der Waals surface area (Å²) in [5.41, 5.74) is 4.90. The van der Waals surface area contributed by atoms with Crippen LogP contribution >= 0.6 is 0 Å². The molecule has 0 aliphatic carbocycles. The Hall–Kier alpha value is -5.07. The first-order chi connectivity index (χ1) is 26.7. The molecule has 0 amide bonds. The van der Waals surface area contributed by atoms with Gasteiger partial charge in [0.05, 0.1) is 38.6 Å². The van der Waals surface area contributed by atoms with Gasteiger partial charge in [0.1, 0.15) is 24.4 Å². The number of hydrogen-bond acceptors (Lipinski definition) is 7. The number of carbonyl (C=O) groups is 1. The molecule has 1 heterocycles. The summed E-state index contributed by atoms with van der Waals surface area (Å²) < 4.78 is 39.5. The van der Waals surface area contributed by atoms with E-state index in [2.05, 4.69) is 18.8 Å². The fraction of sp³-hybridized carbons (Fsp3) is 0.298. The van der Waals surface area contributed by atoms with Gasteiger partial charge in [-0.05, 0) is 40.8 Å². The number of unbranched alkanes of at least 4 members (excludes halogenated alkanes) is 2. The average Bonchev–Trinajstić information content (AvgIpc) is 3.22. The summed E-state index contributed by atoms with van der Waals surface area (Å²) in [4.78, 5) is 14.1. The minimum absolute atomic E-state index is 0.151. The SMILES string of the molecule is CCCCC#Cc1ccccc1C(=O)O[C@H]1O[C@H](COCc2ccccc2)[C@@H](OCc2ccccc2)[C@H](OCc2ccccc2)[C@H]1OCc1ccccc1. The fourth-order valence-corrected chi connectivity index (χ4v) is 6.20. The normalized spacial score (nSPS) is 19.4. The van der Waals surface area contributed by atoms with Gasteiger partial charge in [0, 0.05) is 12.0 Å². The van der Waals surface area contributed by atoms with Gasteiger partial charge in [0.15, 0.2) is 0 Å². The van der Waals surface area contributed by atoms with E-state index in [1.807, 2.05) is 133 Å². The van der Waals surface area contributed by atoms with E-state index in [4.69, 9.17) is 28.4 Å². The third kappa shape index (κ3) is 11.5. The topological polar surface area (TPSA) is 72.5 Å². The molecule has 7 heteroatoms. The van der Waals surface area contributed by atoms with E-state index < -0.39 is 36.7 Å². The molecule has 7 nitrogen and oxygen atoms in total. The molecule has 0 saturated carbocycles. The third-order valence-electron chi connectivity index (χ3n) is 9.09. The fourth-order valence-electron chi connectivity index (χ4n) is 6.20. The van der Waals surface area contributed by atoms with Crippen LogP contribution < -0.4 is 0 Å².